The predicted molar refractivity (Wildman–Crippen MR) is 140 cm³/mol. The molecule has 0 unspecified atom stereocenters. The minimum Gasteiger partial charge on any atom is -0.496 e. The van der Waals surface area contributed by atoms with Gasteiger partial charge in [0.25, 0.3) is 0 Å². The molecule has 196 valence electrons. The maximum Gasteiger partial charge on any atom is 0.360 e. The molecule has 0 radical (unpaired) electrons. The van der Waals surface area contributed by atoms with E-state index in [0.29, 0.717) is 52.5 Å². The van der Waals surface area contributed by atoms with Gasteiger partial charge in [-0.05, 0) is 55.4 Å². The molecule has 0 bridgehead atoms. The van der Waals surface area contributed by atoms with Crippen molar-refractivity contribution in [1.82, 2.24) is 15.0 Å². The number of carbonyl (C=O) groups excluding carboxylic acids is 1. The maximum atomic E-state index is 12.7. The van der Waals surface area contributed by atoms with Crippen molar-refractivity contribution in [2.75, 3.05) is 27.4 Å². The van der Waals surface area contributed by atoms with Gasteiger partial charge in [0.05, 0.1) is 26.5 Å². The first-order chi connectivity index (χ1) is 16.6. The highest BCUT2D eigenvalue weighted by Crippen LogP contribution is 2.42. The van der Waals surface area contributed by atoms with Gasteiger partial charge in [-0.15, -0.1) is 5.10 Å². The van der Waals surface area contributed by atoms with Crippen molar-refractivity contribution in [1.29, 1.82) is 0 Å². The normalized spacial score (nSPS) is 12.0. The minimum absolute atomic E-state index is 0.225. The predicted octanol–water partition coefficient (Wildman–Crippen LogP) is 5.89. The van der Waals surface area contributed by atoms with Crippen LogP contribution in [-0.2, 0) is 15.6 Å². The van der Waals surface area contributed by atoms with Crippen LogP contribution in [0, 0.1) is 6.92 Å². The van der Waals surface area contributed by atoms with E-state index in [1.54, 1.807) is 25.8 Å². The fourth-order valence-corrected chi connectivity index (χ4v) is 10.9. The number of nitrogens with zero attached hydrogens (tertiary/aromatic N) is 3. The number of aromatic nitrogens is 3. The molecule has 8 nitrogen and oxygen atoms in total. The summed E-state index contributed by atoms with van der Waals surface area (Å²) in [6.07, 6.45) is 1.30. The highest BCUT2D eigenvalue weighted by atomic mass is 28.4. The lowest BCUT2D eigenvalue weighted by atomic mass is 10.1. The quantitative estimate of drug-likeness (QED) is 0.190. The standard InChI is InChI=1S/C26H43N3O5Si/c1-11-33-26(30)24-21(13-12-16-34-35(17(2)3,18(4)5)19(6)7)29(28-27-24)22-14-15-23(31-9)20(8)25(22)32-10/h14-15,17-19H,11-13,16H2,1-10H3. The highest BCUT2D eigenvalue weighted by Gasteiger charge is 2.44. The molecule has 35 heavy (non-hydrogen) atoms. The van der Waals surface area contributed by atoms with E-state index in [1.807, 2.05) is 19.1 Å². The Morgan fingerprint density at radius 2 is 1.66 bits per heavy atom. The molecule has 9 heteroatoms. The Morgan fingerprint density at radius 1 is 1.03 bits per heavy atom. The van der Waals surface area contributed by atoms with Crippen LogP contribution in [0.15, 0.2) is 12.1 Å². The number of hydrogen-bond acceptors (Lipinski definition) is 7. The zero-order valence-electron chi connectivity index (χ0n) is 23.1. The van der Waals surface area contributed by atoms with E-state index < -0.39 is 14.3 Å². The van der Waals surface area contributed by atoms with Gasteiger partial charge < -0.3 is 18.6 Å². The summed E-state index contributed by atoms with van der Waals surface area (Å²) in [6.45, 7) is 18.3. The van der Waals surface area contributed by atoms with Gasteiger partial charge in [-0.3, -0.25) is 0 Å². The van der Waals surface area contributed by atoms with Crippen molar-refractivity contribution in [2.45, 2.75) is 84.9 Å². The minimum atomic E-state index is -1.97. The first kappa shape index (κ1) is 28.8. The van der Waals surface area contributed by atoms with Crippen LogP contribution < -0.4 is 9.47 Å². The molecule has 0 saturated heterocycles. The molecule has 0 fully saturated rings. The molecule has 2 rings (SSSR count). The Kier molecular flexibility index (Phi) is 10.3. The van der Waals surface area contributed by atoms with Crippen LogP contribution in [0.1, 0.15) is 76.6 Å². The lowest BCUT2D eigenvalue weighted by Gasteiger charge is -2.42. The van der Waals surface area contributed by atoms with Crippen molar-refractivity contribution in [3.05, 3.63) is 29.1 Å². The Balaban J connectivity index is 2.41. The van der Waals surface area contributed by atoms with E-state index in [4.69, 9.17) is 18.6 Å². The fraction of sp³-hybridized carbons (Fsp3) is 0.654. The van der Waals surface area contributed by atoms with Crippen molar-refractivity contribution < 1.29 is 23.4 Å². The molecule has 1 aromatic carbocycles. The number of methoxy groups -OCH3 is 2. The molecule has 0 aliphatic heterocycles. The van der Waals surface area contributed by atoms with Gasteiger partial charge in [0.2, 0.25) is 0 Å². The molecule has 0 aliphatic rings. The largest absolute Gasteiger partial charge is 0.496 e. The topological polar surface area (TPSA) is 84.7 Å². The monoisotopic (exact) mass is 505 g/mol. The number of carbonyl (C=O) groups is 1. The molecule has 0 saturated carbocycles. The number of esters is 1. The average molecular weight is 506 g/mol. The summed E-state index contributed by atoms with van der Waals surface area (Å²) in [5.74, 6) is 0.853. The van der Waals surface area contributed by atoms with Gasteiger partial charge >= 0.3 is 5.97 Å². The first-order valence-corrected chi connectivity index (χ1v) is 14.7. The molecule has 1 aromatic heterocycles. The zero-order chi connectivity index (χ0) is 26.3. The van der Waals surface area contributed by atoms with Crippen LogP contribution in [0.2, 0.25) is 16.6 Å². The van der Waals surface area contributed by atoms with Crippen molar-refractivity contribution in [2.24, 2.45) is 0 Å². The third kappa shape index (κ3) is 5.89. The Morgan fingerprint density at radius 3 is 2.17 bits per heavy atom. The molecule has 2 aromatic rings. The zero-order valence-corrected chi connectivity index (χ0v) is 24.1. The third-order valence-electron chi connectivity index (χ3n) is 6.84. The summed E-state index contributed by atoms with van der Waals surface area (Å²) >= 11 is 0. The third-order valence-corrected chi connectivity index (χ3v) is 13.0. The van der Waals surface area contributed by atoms with Gasteiger partial charge in [-0.2, -0.15) is 0 Å². The molecule has 1 heterocycles. The molecule has 0 spiro atoms. The van der Waals surface area contributed by atoms with Crippen LogP contribution in [0.5, 0.6) is 11.5 Å². The smallest absolute Gasteiger partial charge is 0.360 e. The molecular formula is C26H43N3O5Si. The second-order valence-electron chi connectivity index (χ2n) is 9.73. The summed E-state index contributed by atoms with van der Waals surface area (Å²) in [4.78, 5) is 12.7. The molecular weight excluding hydrogens is 462 g/mol. The SMILES string of the molecule is CCOC(=O)c1nnn(-c2ccc(OC)c(C)c2OC)c1CCCO[Si](C(C)C)(C(C)C)C(C)C. The van der Waals surface area contributed by atoms with Gasteiger partial charge in [-0.1, -0.05) is 46.8 Å². The van der Waals surface area contributed by atoms with Crippen LogP contribution >= 0.6 is 0 Å². The van der Waals surface area contributed by atoms with Gasteiger partial charge in [0, 0.05) is 12.2 Å². The number of benzene rings is 1. The number of rotatable bonds is 13. The number of hydrogen-bond donors (Lipinski definition) is 0. The van der Waals surface area contributed by atoms with E-state index in [-0.39, 0.29) is 12.3 Å². The maximum absolute atomic E-state index is 12.7. The van der Waals surface area contributed by atoms with E-state index in [2.05, 4.69) is 51.9 Å². The van der Waals surface area contributed by atoms with Crippen LogP contribution in [0.25, 0.3) is 5.69 Å². The van der Waals surface area contributed by atoms with E-state index >= 15 is 0 Å². The van der Waals surface area contributed by atoms with Crippen LogP contribution in [0.4, 0.5) is 0 Å². The second-order valence-corrected chi connectivity index (χ2v) is 15.2. The second kappa shape index (κ2) is 12.5. The summed E-state index contributed by atoms with van der Waals surface area (Å²) in [5.41, 5.74) is 3.98. The van der Waals surface area contributed by atoms with E-state index in [1.165, 1.54) is 0 Å². The van der Waals surface area contributed by atoms with Crippen LogP contribution in [-0.4, -0.2) is 56.7 Å². The number of ether oxygens (including phenoxy) is 3. The van der Waals surface area contributed by atoms with Gasteiger partial charge in [0.1, 0.15) is 11.4 Å². The Labute approximate surface area is 211 Å². The van der Waals surface area contributed by atoms with E-state index in [9.17, 15) is 4.79 Å². The van der Waals surface area contributed by atoms with Crippen molar-refractivity contribution in [3.63, 3.8) is 0 Å². The highest BCUT2D eigenvalue weighted by molar-refractivity contribution is 6.77. The lowest BCUT2D eigenvalue weighted by molar-refractivity contribution is 0.0518. The summed E-state index contributed by atoms with van der Waals surface area (Å²) in [6, 6.07) is 3.72. The molecule has 0 N–H and O–H groups in total. The van der Waals surface area contributed by atoms with Crippen LogP contribution in [0.3, 0.4) is 0 Å². The van der Waals surface area contributed by atoms with Gasteiger partial charge in [-0.25, -0.2) is 9.48 Å². The summed E-state index contributed by atoms with van der Waals surface area (Å²) in [7, 11) is 1.26. The molecule has 0 amide bonds. The first-order valence-electron chi connectivity index (χ1n) is 12.5. The molecule has 0 atom stereocenters. The average Bonchev–Trinajstić information content (AvgIpc) is 3.21. The summed E-state index contributed by atoms with van der Waals surface area (Å²) in [5, 5.41) is 8.51. The molecule has 0 aliphatic carbocycles. The Hall–Kier alpha value is -2.39. The van der Waals surface area contributed by atoms with E-state index in [0.717, 1.165) is 12.0 Å². The van der Waals surface area contributed by atoms with Crippen molar-refractivity contribution >= 4 is 14.3 Å². The fourth-order valence-electron chi connectivity index (χ4n) is 5.37. The Bertz CT molecular complexity index is 966. The van der Waals surface area contributed by atoms with Crippen molar-refractivity contribution in [3.8, 4) is 17.2 Å². The lowest BCUT2D eigenvalue weighted by Crippen LogP contribution is -2.48. The van der Waals surface area contributed by atoms with Gasteiger partial charge in [0.15, 0.2) is 19.8 Å². The summed E-state index contributed by atoms with van der Waals surface area (Å²) < 4.78 is 24.8.